The zero-order chi connectivity index (χ0) is 16.0. The summed E-state index contributed by atoms with van der Waals surface area (Å²) in [7, 11) is 0. The molecule has 1 aromatic carbocycles. The smallest absolute Gasteiger partial charge is 0.376 e. The molecule has 0 aliphatic carbocycles. The molecule has 0 aliphatic heterocycles. The van der Waals surface area contributed by atoms with Gasteiger partial charge in [0.1, 0.15) is 13.0 Å². The first-order valence-corrected chi connectivity index (χ1v) is 6.79. The van der Waals surface area contributed by atoms with Crippen LogP contribution in [0.4, 0.5) is 18.9 Å². The first kappa shape index (κ1) is 17.5. The number of alkyl halides is 3. The van der Waals surface area contributed by atoms with Crippen molar-refractivity contribution >= 4 is 12.0 Å². The summed E-state index contributed by atoms with van der Waals surface area (Å²) in [4.78, 5) is 12.0. The number of hydrogen-bond donors (Lipinski definition) is 1. The number of aliphatic hydroxyl groups is 1. The number of aldehydes is 1. The van der Waals surface area contributed by atoms with Gasteiger partial charge < -0.3 is 14.8 Å². The molecule has 0 atom stereocenters. The number of nitrogens with zero attached hydrogens (tertiary/aromatic N) is 1. The van der Waals surface area contributed by atoms with Gasteiger partial charge in [0, 0.05) is 18.7 Å². The summed E-state index contributed by atoms with van der Waals surface area (Å²) in [5, 5.41) is 9.35. The number of carbonyl (C=O) groups excluding carboxylic acids is 1. The lowest BCUT2D eigenvalue weighted by Gasteiger charge is -2.24. The summed E-state index contributed by atoms with van der Waals surface area (Å²) in [6.07, 6.45) is -3.58. The Balaban J connectivity index is 3.10. The minimum Gasteiger partial charge on any atom is -0.376 e. The van der Waals surface area contributed by atoms with Crippen molar-refractivity contribution < 1.29 is 23.1 Å². The molecule has 0 aliphatic rings. The maximum absolute atomic E-state index is 13.0. The molecule has 0 aromatic heterocycles. The van der Waals surface area contributed by atoms with Crippen LogP contribution in [0.3, 0.4) is 0 Å². The lowest BCUT2D eigenvalue weighted by Crippen LogP contribution is -2.27. The molecule has 0 spiro atoms. The highest BCUT2D eigenvalue weighted by Crippen LogP contribution is 2.34. The van der Waals surface area contributed by atoms with Crippen LogP contribution in [0.15, 0.2) is 18.2 Å². The molecule has 6 heteroatoms. The second kappa shape index (κ2) is 7.45. The molecule has 0 amide bonds. The lowest BCUT2D eigenvalue weighted by molar-refractivity contribution is -0.138. The summed E-state index contributed by atoms with van der Waals surface area (Å²) in [5.74, 6) is 0.385. The average Bonchev–Trinajstić information content (AvgIpc) is 2.39. The van der Waals surface area contributed by atoms with Crippen LogP contribution in [-0.2, 0) is 17.4 Å². The third-order valence-corrected chi connectivity index (χ3v) is 3.21. The van der Waals surface area contributed by atoms with E-state index in [2.05, 4.69) is 0 Å². The Bertz CT molecular complexity index is 472. The second-order valence-electron chi connectivity index (χ2n) is 5.30. The summed E-state index contributed by atoms with van der Waals surface area (Å²) in [5.41, 5.74) is -0.571. The fraction of sp³-hybridized carbons (Fsp3) is 0.533. The number of halogens is 3. The van der Waals surface area contributed by atoms with E-state index in [0.29, 0.717) is 24.4 Å². The first-order valence-electron chi connectivity index (χ1n) is 6.79. The molecule has 0 unspecified atom stereocenters. The number of benzene rings is 1. The summed E-state index contributed by atoms with van der Waals surface area (Å²) >= 11 is 0. The molecule has 118 valence electrons. The number of rotatable bonds is 7. The highest BCUT2D eigenvalue weighted by Gasteiger charge is 2.33. The normalized spacial score (nSPS) is 11.8. The summed E-state index contributed by atoms with van der Waals surface area (Å²) < 4.78 is 39.1. The van der Waals surface area contributed by atoms with E-state index in [0.717, 1.165) is 12.5 Å². The van der Waals surface area contributed by atoms with Gasteiger partial charge in [-0.3, -0.25) is 0 Å². The minimum atomic E-state index is -4.52. The Morgan fingerprint density at radius 1 is 1.33 bits per heavy atom. The SMILES string of the molecule is CC(C)CCN(CO)c1ccc(CC=O)c(C(F)(F)F)c1. The van der Waals surface area contributed by atoms with Crippen molar-refractivity contribution in [2.24, 2.45) is 5.92 Å². The molecule has 0 heterocycles. The van der Waals surface area contributed by atoms with Gasteiger partial charge in [-0.15, -0.1) is 0 Å². The Hall–Kier alpha value is -1.56. The van der Waals surface area contributed by atoms with Gasteiger partial charge in [0.05, 0.1) is 5.56 Å². The van der Waals surface area contributed by atoms with Gasteiger partial charge in [0.15, 0.2) is 0 Å². The zero-order valence-corrected chi connectivity index (χ0v) is 12.2. The van der Waals surface area contributed by atoms with Crippen LogP contribution >= 0.6 is 0 Å². The number of anilines is 1. The van der Waals surface area contributed by atoms with E-state index in [9.17, 15) is 23.1 Å². The third-order valence-electron chi connectivity index (χ3n) is 3.21. The van der Waals surface area contributed by atoms with E-state index in [-0.39, 0.29) is 18.7 Å². The number of hydrogen-bond acceptors (Lipinski definition) is 3. The van der Waals surface area contributed by atoms with Crippen molar-refractivity contribution in [3.63, 3.8) is 0 Å². The first-order chi connectivity index (χ1) is 9.79. The monoisotopic (exact) mass is 303 g/mol. The quantitative estimate of drug-likeness (QED) is 0.621. The molecule has 1 N–H and O–H groups in total. The van der Waals surface area contributed by atoms with E-state index in [1.54, 1.807) is 0 Å². The largest absolute Gasteiger partial charge is 0.416 e. The molecule has 1 rings (SSSR count). The summed E-state index contributed by atoms with van der Waals surface area (Å²) in [6, 6.07) is 3.80. The molecule has 1 aromatic rings. The summed E-state index contributed by atoms with van der Waals surface area (Å²) in [6.45, 7) is 4.13. The molecule has 0 saturated carbocycles. The van der Waals surface area contributed by atoms with Crippen molar-refractivity contribution in [2.45, 2.75) is 32.9 Å². The molecule has 0 radical (unpaired) electrons. The van der Waals surface area contributed by atoms with Gasteiger partial charge in [0.25, 0.3) is 0 Å². The van der Waals surface area contributed by atoms with Gasteiger partial charge >= 0.3 is 6.18 Å². The zero-order valence-electron chi connectivity index (χ0n) is 12.2. The fourth-order valence-electron chi connectivity index (χ4n) is 1.99. The van der Waals surface area contributed by atoms with Crippen molar-refractivity contribution in [1.29, 1.82) is 0 Å². The predicted molar refractivity (Wildman–Crippen MR) is 75.1 cm³/mol. The highest BCUT2D eigenvalue weighted by atomic mass is 19.4. The van der Waals surface area contributed by atoms with Gasteiger partial charge in [-0.1, -0.05) is 19.9 Å². The van der Waals surface area contributed by atoms with Crippen molar-refractivity contribution in [3.05, 3.63) is 29.3 Å². The number of carbonyl (C=O) groups is 1. The van der Waals surface area contributed by atoms with Crippen LogP contribution in [0, 0.1) is 5.92 Å². The molecular weight excluding hydrogens is 283 g/mol. The third kappa shape index (κ3) is 5.04. The van der Waals surface area contributed by atoms with Crippen molar-refractivity contribution in [1.82, 2.24) is 0 Å². The molecule has 0 bridgehead atoms. The molecule has 0 fully saturated rings. The highest BCUT2D eigenvalue weighted by molar-refractivity contribution is 5.59. The fourth-order valence-corrected chi connectivity index (χ4v) is 1.99. The van der Waals surface area contributed by atoms with Gasteiger partial charge in [0.2, 0.25) is 0 Å². The molecule has 0 saturated heterocycles. The van der Waals surface area contributed by atoms with E-state index in [1.807, 2.05) is 13.8 Å². The van der Waals surface area contributed by atoms with Crippen molar-refractivity contribution in [3.8, 4) is 0 Å². The molecule has 3 nitrogen and oxygen atoms in total. The second-order valence-corrected chi connectivity index (χ2v) is 5.30. The predicted octanol–water partition coefficient (Wildman–Crippen LogP) is 3.25. The van der Waals surface area contributed by atoms with Gasteiger partial charge in [-0.2, -0.15) is 13.2 Å². The van der Waals surface area contributed by atoms with Crippen LogP contribution in [0.25, 0.3) is 0 Å². The Kier molecular flexibility index (Phi) is 6.20. The lowest BCUT2D eigenvalue weighted by atomic mass is 10.0. The standard InChI is InChI=1S/C15H20F3NO2/c1-11(2)5-7-19(10-21)13-4-3-12(6-8-20)14(9-13)15(16,17)18/h3-4,8-9,11,21H,5-7,10H2,1-2H3. The topological polar surface area (TPSA) is 40.5 Å². The van der Waals surface area contributed by atoms with Crippen molar-refractivity contribution in [2.75, 3.05) is 18.2 Å². The average molecular weight is 303 g/mol. The Labute approximate surface area is 122 Å². The van der Waals surface area contributed by atoms with Crippen LogP contribution in [0.5, 0.6) is 0 Å². The van der Waals surface area contributed by atoms with Crippen LogP contribution in [-0.4, -0.2) is 24.7 Å². The van der Waals surface area contributed by atoms with E-state index >= 15 is 0 Å². The maximum Gasteiger partial charge on any atom is 0.416 e. The molecular formula is C15H20F3NO2. The Morgan fingerprint density at radius 3 is 2.48 bits per heavy atom. The van der Waals surface area contributed by atoms with E-state index in [4.69, 9.17) is 0 Å². The minimum absolute atomic E-state index is 0.0528. The maximum atomic E-state index is 13.0. The van der Waals surface area contributed by atoms with Crippen LogP contribution in [0.1, 0.15) is 31.4 Å². The van der Waals surface area contributed by atoms with E-state index in [1.165, 1.54) is 17.0 Å². The van der Waals surface area contributed by atoms with Crippen LogP contribution < -0.4 is 4.90 Å². The Morgan fingerprint density at radius 2 is 2.00 bits per heavy atom. The van der Waals surface area contributed by atoms with Gasteiger partial charge in [-0.25, -0.2) is 0 Å². The van der Waals surface area contributed by atoms with Crippen LogP contribution in [0.2, 0.25) is 0 Å². The van der Waals surface area contributed by atoms with E-state index < -0.39 is 11.7 Å². The number of aliphatic hydroxyl groups excluding tert-OH is 1. The van der Waals surface area contributed by atoms with Gasteiger partial charge in [-0.05, 0) is 30.0 Å². The molecule has 21 heavy (non-hydrogen) atoms.